The first-order valence-electron chi connectivity index (χ1n) is 5.86. The summed E-state index contributed by atoms with van der Waals surface area (Å²) in [5.74, 6) is 5.55. The van der Waals surface area contributed by atoms with Crippen LogP contribution in [0.1, 0.15) is 13.3 Å². The molecule has 2 aromatic heterocycles. The molecule has 0 spiro atoms. The molecule has 7 nitrogen and oxygen atoms in total. The van der Waals surface area contributed by atoms with Gasteiger partial charge in [0.15, 0.2) is 0 Å². The Bertz CT molecular complexity index is 585. The predicted octanol–water partition coefficient (Wildman–Crippen LogP) is 2.15. The number of aromatic nitrogens is 4. The molecule has 0 bridgehead atoms. The molecule has 3 N–H and O–H groups in total. The van der Waals surface area contributed by atoms with Crippen molar-refractivity contribution in [2.75, 3.05) is 12.0 Å². The molecule has 0 saturated heterocycles. The molecule has 0 unspecified atom stereocenters. The third-order valence-electron chi connectivity index (χ3n) is 2.07. The van der Waals surface area contributed by atoms with Crippen LogP contribution in [0.5, 0.6) is 6.01 Å². The summed E-state index contributed by atoms with van der Waals surface area (Å²) in [6, 6.07) is 3.71. The molecule has 9 heteroatoms. The molecule has 2 rings (SSSR count). The Morgan fingerprint density at radius 1 is 1.40 bits per heavy atom. The summed E-state index contributed by atoms with van der Waals surface area (Å²) in [4.78, 5) is 16.5. The van der Waals surface area contributed by atoms with E-state index in [2.05, 4.69) is 25.4 Å². The maximum Gasteiger partial charge on any atom is 0.322 e. The summed E-state index contributed by atoms with van der Waals surface area (Å²) < 4.78 is 5.38. The molecule has 0 fully saturated rings. The maximum absolute atomic E-state index is 6.05. The number of ether oxygens (including phenoxy) is 1. The molecule has 0 atom stereocenters. The fourth-order valence-electron chi connectivity index (χ4n) is 1.24. The maximum atomic E-state index is 6.05. The molecule has 0 aromatic carbocycles. The highest BCUT2D eigenvalue weighted by molar-refractivity contribution is 7.99. The summed E-state index contributed by atoms with van der Waals surface area (Å²) in [6.45, 7) is 2.51. The van der Waals surface area contributed by atoms with Gasteiger partial charge in [0, 0.05) is 6.20 Å². The van der Waals surface area contributed by atoms with Crippen molar-refractivity contribution in [1.29, 1.82) is 0 Å². The van der Waals surface area contributed by atoms with E-state index in [9.17, 15) is 0 Å². The van der Waals surface area contributed by atoms with Crippen molar-refractivity contribution < 1.29 is 4.74 Å². The van der Waals surface area contributed by atoms with E-state index >= 15 is 0 Å². The summed E-state index contributed by atoms with van der Waals surface area (Å²) in [6.07, 6.45) is 2.50. The van der Waals surface area contributed by atoms with Crippen LogP contribution in [-0.4, -0.2) is 26.5 Å². The SMILES string of the molecule is CCCOc1nc(NN)nc(Sc2ncccc2Cl)n1. The number of pyridine rings is 1. The lowest BCUT2D eigenvalue weighted by Crippen LogP contribution is -2.13. The summed E-state index contributed by atoms with van der Waals surface area (Å²) >= 11 is 7.26. The van der Waals surface area contributed by atoms with Crippen LogP contribution in [0.3, 0.4) is 0 Å². The average molecular weight is 313 g/mol. The predicted molar refractivity (Wildman–Crippen MR) is 76.8 cm³/mol. The van der Waals surface area contributed by atoms with Crippen LogP contribution in [-0.2, 0) is 0 Å². The second-order valence-corrected chi connectivity index (χ2v) is 4.97. The standard InChI is InChI=1S/C11H13ClN6OS/c1-2-6-19-10-15-9(18-13)16-11(17-10)20-8-7(12)4-3-5-14-8/h3-5H,2,6,13H2,1H3,(H,15,16,17,18). The van der Waals surface area contributed by atoms with Crippen molar-refractivity contribution in [2.24, 2.45) is 5.84 Å². The largest absolute Gasteiger partial charge is 0.463 e. The van der Waals surface area contributed by atoms with Gasteiger partial charge in [0.25, 0.3) is 0 Å². The van der Waals surface area contributed by atoms with Gasteiger partial charge in [-0.3, -0.25) is 5.43 Å². The van der Waals surface area contributed by atoms with Crippen LogP contribution in [0.25, 0.3) is 0 Å². The molecule has 0 aliphatic carbocycles. The van der Waals surface area contributed by atoms with Crippen LogP contribution < -0.4 is 16.0 Å². The highest BCUT2D eigenvalue weighted by Gasteiger charge is 2.11. The normalized spacial score (nSPS) is 10.3. The van der Waals surface area contributed by atoms with Gasteiger partial charge >= 0.3 is 6.01 Å². The summed E-state index contributed by atoms with van der Waals surface area (Å²) in [5.41, 5.74) is 2.38. The van der Waals surface area contributed by atoms with Gasteiger partial charge in [-0.2, -0.15) is 15.0 Å². The Balaban J connectivity index is 2.24. The summed E-state index contributed by atoms with van der Waals surface area (Å²) in [5, 5.41) is 1.53. The highest BCUT2D eigenvalue weighted by atomic mass is 35.5. The number of anilines is 1. The molecule has 0 aliphatic rings. The first kappa shape index (κ1) is 14.8. The van der Waals surface area contributed by atoms with Crippen molar-refractivity contribution in [3.63, 3.8) is 0 Å². The molecule has 106 valence electrons. The van der Waals surface area contributed by atoms with E-state index in [0.29, 0.717) is 21.8 Å². The van der Waals surface area contributed by atoms with Gasteiger partial charge in [0.05, 0.1) is 11.6 Å². The lowest BCUT2D eigenvalue weighted by Gasteiger charge is -2.07. The third-order valence-corrected chi connectivity index (χ3v) is 3.37. The van der Waals surface area contributed by atoms with E-state index in [4.69, 9.17) is 22.2 Å². The summed E-state index contributed by atoms with van der Waals surface area (Å²) in [7, 11) is 0. The first-order valence-corrected chi connectivity index (χ1v) is 7.06. The van der Waals surface area contributed by atoms with Crippen molar-refractivity contribution in [1.82, 2.24) is 19.9 Å². The van der Waals surface area contributed by atoms with Gasteiger partial charge in [-0.15, -0.1) is 0 Å². The molecule has 0 amide bonds. The van der Waals surface area contributed by atoms with Crippen LogP contribution in [0.4, 0.5) is 5.95 Å². The zero-order valence-corrected chi connectivity index (χ0v) is 12.3. The number of nitrogens with one attached hydrogen (secondary N) is 1. The smallest absolute Gasteiger partial charge is 0.322 e. The lowest BCUT2D eigenvalue weighted by molar-refractivity contribution is 0.288. The van der Waals surface area contributed by atoms with Crippen molar-refractivity contribution >= 4 is 29.3 Å². The van der Waals surface area contributed by atoms with Crippen LogP contribution in [0.2, 0.25) is 5.02 Å². The van der Waals surface area contributed by atoms with Gasteiger partial charge in [0.2, 0.25) is 11.1 Å². The van der Waals surface area contributed by atoms with E-state index < -0.39 is 0 Å². The van der Waals surface area contributed by atoms with E-state index in [0.717, 1.165) is 6.42 Å². The van der Waals surface area contributed by atoms with Crippen LogP contribution >= 0.6 is 23.4 Å². The zero-order valence-electron chi connectivity index (χ0n) is 10.7. The molecule has 0 saturated carbocycles. The minimum atomic E-state index is 0.212. The number of nitrogens with two attached hydrogens (primary N) is 1. The Morgan fingerprint density at radius 3 is 2.95 bits per heavy atom. The molecule has 2 heterocycles. The second-order valence-electron chi connectivity index (χ2n) is 3.61. The van der Waals surface area contributed by atoms with Crippen LogP contribution in [0, 0.1) is 0 Å². The zero-order chi connectivity index (χ0) is 14.4. The molecule has 0 radical (unpaired) electrons. The number of halogens is 1. The van der Waals surface area contributed by atoms with Crippen molar-refractivity contribution in [2.45, 2.75) is 23.5 Å². The Hall–Kier alpha value is -1.64. The van der Waals surface area contributed by atoms with Crippen LogP contribution in [0.15, 0.2) is 28.5 Å². The van der Waals surface area contributed by atoms with Gasteiger partial charge in [0.1, 0.15) is 5.03 Å². The minimum Gasteiger partial charge on any atom is -0.463 e. The van der Waals surface area contributed by atoms with Crippen molar-refractivity contribution in [3.05, 3.63) is 23.4 Å². The molecular formula is C11H13ClN6OS. The average Bonchev–Trinajstić information content (AvgIpc) is 2.47. The molecule has 2 aromatic rings. The fourth-order valence-corrected chi connectivity index (χ4v) is 2.18. The van der Waals surface area contributed by atoms with Gasteiger partial charge in [-0.05, 0) is 30.3 Å². The quantitative estimate of drug-likeness (QED) is 0.618. The number of nitrogen functional groups attached to an aromatic ring is 1. The Labute approximate surface area is 125 Å². The third kappa shape index (κ3) is 3.92. The molecule has 0 aliphatic heterocycles. The number of nitrogens with zero attached hydrogens (tertiary/aromatic N) is 4. The number of hydrogen-bond acceptors (Lipinski definition) is 8. The van der Waals surface area contributed by atoms with E-state index in [1.807, 2.05) is 6.92 Å². The number of hydrogen-bond donors (Lipinski definition) is 2. The first-order chi connectivity index (χ1) is 9.72. The number of rotatable bonds is 6. The van der Waals surface area contributed by atoms with Gasteiger partial charge in [-0.1, -0.05) is 18.5 Å². The van der Waals surface area contributed by atoms with E-state index in [-0.39, 0.29) is 12.0 Å². The van der Waals surface area contributed by atoms with E-state index in [1.54, 1.807) is 18.3 Å². The second kappa shape index (κ2) is 7.22. The molecule has 20 heavy (non-hydrogen) atoms. The van der Waals surface area contributed by atoms with Gasteiger partial charge < -0.3 is 4.74 Å². The monoisotopic (exact) mass is 312 g/mol. The Morgan fingerprint density at radius 2 is 2.25 bits per heavy atom. The fraction of sp³-hybridized carbons (Fsp3) is 0.273. The minimum absolute atomic E-state index is 0.212. The molecular weight excluding hydrogens is 300 g/mol. The van der Waals surface area contributed by atoms with Crippen molar-refractivity contribution in [3.8, 4) is 6.01 Å². The highest BCUT2D eigenvalue weighted by Crippen LogP contribution is 2.29. The van der Waals surface area contributed by atoms with Gasteiger partial charge in [-0.25, -0.2) is 10.8 Å². The lowest BCUT2D eigenvalue weighted by atomic mass is 10.5. The topological polar surface area (TPSA) is 98.8 Å². The van der Waals surface area contributed by atoms with E-state index in [1.165, 1.54) is 11.8 Å². The Kier molecular flexibility index (Phi) is 5.33. The number of hydrazine groups is 1.